The Morgan fingerprint density at radius 3 is 2.54 bits per heavy atom. The minimum absolute atomic E-state index is 0.0214. The third-order valence-electron chi connectivity index (χ3n) is 7.71. The van der Waals surface area contributed by atoms with Crippen LogP contribution in [0.25, 0.3) is 11.1 Å². The molecule has 1 aromatic heterocycles. The number of hydrogen-bond donors (Lipinski definition) is 1. The molecule has 2 aliphatic rings. The molecule has 1 aromatic carbocycles. The number of hydrogen-bond acceptors (Lipinski definition) is 6. The maximum Gasteiger partial charge on any atom is 0.414 e. The minimum Gasteiger partial charge on any atom is -0.443 e. The Labute approximate surface area is 249 Å². The maximum atomic E-state index is 13.3. The van der Waals surface area contributed by atoms with E-state index in [1.54, 1.807) is 17.2 Å². The van der Waals surface area contributed by atoms with E-state index in [0.29, 0.717) is 36.5 Å². The summed E-state index contributed by atoms with van der Waals surface area (Å²) in [5.41, 5.74) is 1.68. The second kappa shape index (κ2) is 13.1. The summed E-state index contributed by atoms with van der Waals surface area (Å²) in [7, 11) is 0. The lowest BCUT2D eigenvalue weighted by atomic mass is 9.93. The standard InChI is InChI=1S/C32H45ClN4O4/c1-31(2,3)36-14-8-10-24(21-36)29(38)35-28-18-26(27(33)19-34-28)23-9-7-11-25(17-23)37(30(39)41-32(4,5)6)20-22-12-15-40-16-13-22/h7,9,11,17-19,22,24H,8,10,12-16,20-21H2,1-6H3,(H,34,35,38)/t24-/m1/s1. The lowest BCUT2D eigenvalue weighted by molar-refractivity contribution is -0.122. The average Bonchev–Trinajstić information content (AvgIpc) is 2.92. The van der Waals surface area contributed by atoms with E-state index in [2.05, 4.69) is 36.0 Å². The largest absolute Gasteiger partial charge is 0.443 e. The number of nitrogens with zero attached hydrogens (tertiary/aromatic N) is 3. The molecule has 2 aromatic rings. The molecule has 0 saturated carbocycles. The molecule has 0 radical (unpaired) electrons. The topological polar surface area (TPSA) is 84.0 Å². The molecule has 0 bridgehead atoms. The monoisotopic (exact) mass is 584 g/mol. The van der Waals surface area contributed by atoms with Gasteiger partial charge in [0.1, 0.15) is 11.4 Å². The van der Waals surface area contributed by atoms with Crippen molar-refractivity contribution in [2.24, 2.45) is 11.8 Å². The van der Waals surface area contributed by atoms with E-state index in [4.69, 9.17) is 21.1 Å². The van der Waals surface area contributed by atoms with E-state index < -0.39 is 5.60 Å². The Morgan fingerprint density at radius 1 is 1.12 bits per heavy atom. The van der Waals surface area contributed by atoms with E-state index >= 15 is 0 Å². The molecule has 8 nitrogen and oxygen atoms in total. The van der Waals surface area contributed by atoms with Crippen LogP contribution in [0.5, 0.6) is 0 Å². The highest BCUT2D eigenvalue weighted by Crippen LogP contribution is 2.33. The quantitative estimate of drug-likeness (QED) is 0.393. The molecule has 2 saturated heterocycles. The fraction of sp³-hybridized carbons (Fsp3) is 0.594. The van der Waals surface area contributed by atoms with Crippen molar-refractivity contribution in [3.8, 4) is 11.1 Å². The Bertz CT molecular complexity index is 1220. The van der Waals surface area contributed by atoms with Gasteiger partial charge < -0.3 is 14.8 Å². The first-order chi connectivity index (χ1) is 19.3. The summed E-state index contributed by atoms with van der Waals surface area (Å²) in [4.78, 5) is 35.0. The molecular formula is C32H45ClN4O4. The lowest BCUT2D eigenvalue weighted by Gasteiger charge is -2.41. The molecule has 224 valence electrons. The van der Waals surface area contributed by atoms with Gasteiger partial charge in [-0.25, -0.2) is 9.78 Å². The van der Waals surface area contributed by atoms with Crippen molar-refractivity contribution in [2.75, 3.05) is 43.1 Å². The van der Waals surface area contributed by atoms with Crippen LogP contribution >= 0.6 is 11.6 Å². The maximum absolute atomic E-state index is 13.3. The summed E-state index contributed by atoms with van der Waals surface area (Å²) in [6.45, 7) is 15.8. The van der Waals surface area contributed by atoms with Crippen LogP contribution in [0.1, 0.15) is 67.2 Å². The van der Waals surface area contributed by atoms with Crippen LogP contribution in [0.4, 0.5) is 16.3 Å². The van der Waals surface area contributed by atoms with Gasteiger partial charge in [0.2, 0.25) is 5.91 Å². The number of benzene rings is 1. The van der Waals surface area contributed by atoms with Crippen LogP contribution < -0.4 is 10.2 Å². The summed E-state index contributed by atoms with van der Waals surface area (Å²) in [5, 5.41) is 3.49. The van der Waals surface area contributed by atoms with Crippen molar-refractivity contribution in [3.05, 3.63) is 41.6 Å². The third-order valence-corrected chi connectivity index (χ3v) is 8.01. The second-order valence-electron chi connectivity index (χ2n) is 13.2. The molecule has 2 fully saturated rings. The van der Waals surface area contributed by atoms with Crippen LogP contribution in [0.2, 0.25) is 5.02 Å². The predicted molar refractivity (Wildman–Crippen MR) is 164 cm³/mol. The fourth-order valence-electron chi connectivity index (χ4n) is 5.39. The number of likely N-dealkylation sites (tertiary alicyclic amines) is 1. The van der Waals surface area contributed by atoms with Gasteiger partial charge >= 0.3 is 6.09 Å². The van der Waals surface area contributed by atoms with Gasteiger partial charge in [0, 0.05) is 49.3 Å². The smallest absolute Gasteiger partial charge is 0.414 e. The number of rotatable bonds is 6. The molecule has 4 rings (SSSR count). The van der Waals surface area contributed by atoms with Gasteiger partial charge in [0.15, 0.2) is 0 Å². The van der Waals surface area contributed by atoms with Crippen molar-refractivity contribution >= 4 is 35.1 Å². The van der Waals surface area contributed by atoms with Gasteiger partial charge in [-0.1, -0.05) is 23.7 Å². The van der Waals surface area contributed by atoms with Crippen LogP contribution in [0.15, 0.2) is 36.5 Å². The van der Waals surface area contributed by atoms with Crippen molar-refractivity contribution in [1.29, 1.82) is 0 Å². The van der Waals surface area contributed by atoms with Gasteiger partial charge in [-0.3, -0.25) is 14.6 Å². The zero-order valence-electron chi connectivity index (χ0n) is 25.3. The van der Waals surface area contributed by atoms with Crippen molar-refractivity contribution in [2.45, 2.75) is 78.4 Å². The lowest BCUT2D eigenvalue weighted by Crippen LogP contribution is -2.49. The zero-order chi connectivity index (χ0) is 29.8. The van der Waals surface area contributed by atoms with E-state index in [0.717, 1.165) is 55.6 Å². The highest BCUT2D eigenvalue weighted by Gasteiger charge is 2.32. The minimum atomic E-state index is -0.619. The highest BCUT2D eigenvalue weighted by atomic mass is 35.5. The number of halogens is 1. The first-order valence-corrected chi connectivity index (χ1v) is 15.1. The number of carbonyl (C=O) groups is 2. The Morgan fingerprint density at radius 2 is 1.85 bits per heavy atom. The van der Waals surface area contributed by atoms with E-state index in [1.807, 2.05) is 45.0 Å². The molecule has 1 atom stereocenters. The number of amides is 2. The Balaban J connectivity index is 1.56. The van der Waals surface area contributed by atoms with E-state index in [1.165, 1.54) is 0 Å². The third kappa shape index (κ3) is 8.66. The average molecular weight is 585 g/mol. The molecular weight excluding hydrogens is 540 g/mol. The number of piperidine rings is 1. The van der Waals surface area contributed by atoms with E-state index in [9.17, 15) is 9.59 Å². The van der Waals surface area contributed by atoms with Gasteiger partial charge in [-0.05, 0) is 103 Å². The number of ether oxygens (including phenoxy) is 2. The van der Waals surface area contributed by atoms with Gasteiger partial charge in [0.25, 0.3) is 0 Å². The second-order valence-corrected chi connectivity index (χ2v) is 13.6. The molecule has 9 heteroatoms. The van der Waals surface area contributed by atoms with Crippen molar-refractivity contribution < 1.29 is 19.1 Å². The van der Waals surface area contributed by atoms with Gasteiger partial charge in [-0.15, -0.1) is 0 Å². The summed E-state index contributed by atoms with van der Waals surface area (Å²) in [5.74, 6) is 0.653. The molecule has 0 aliphatic carbocycles. The first kappa shape index (κ1) is 31.3. The number of carbonyl (C=O) groups excluding carboxylic acids is 2. The van der Waals surface area contributed by atoms with E-state index in [-0.39, 0.29) is 23.5 Å². The SMILES string of the molecule is CC(C)(C)OC(=O)N(CC1CCOCC1)c1cccc(-c2cc(NC(=O)[C@@H]3CCCN(C(C)(C)C)C3)ncc2Cl)c1. The molecule has 2 aliphatic heterocycles. The van der Waals surface area contributed by atoms with Crippen LogP contribution in [0, 0.1) is 11.8 Å². The van der Waals surface area contributed by atoms with Crippen LogP contribution in [-0.4, -0.2) is 65.9 Å². The van der Waals surface area contributed by atoms with Crippen molar-refractivity contribution in [3.63, 3.8) is 0 Å². The molecule has 0 spiro atoms. The highest BCUT2D eigenvalue weighted by molar-refractivity contribution is 6.33. The van der Waals surface area contributed by atoms with Crippen molar-refractivity contribution in [1.82, 2.24) is 9.88 Å². The Hall–Kier alpha value is -2.68. The molecule has 1 N–H and O–H groups in total. The normalized spacial score (nSPS) is 19.0. The number of nitrogens with one attached hydrogen (secondary N) is 1. The number of pyridine rings is 1. The predicted octanol–water partition coefficient (Wildman–Crippen LogP) is 7.02. The molecule has 3 heterocycles. The zero-order valence-corrected chi connectivity index (χ0v) is 26.1. The first-order valence-electron chi connectivity index (χ1n) is 14.7. The molecule has 41 heavy (non-hydrogen) atoms. The summed E-state index contributed by atoms with van der Waals surface area (Å²) in [6.07, 6.45) is 4.82. The summed E-state index contributed by atoms with van der Waals surface area (Å²) < 4.78 is 11.3. The van der Waals surface area contributed by atoms with Crippen LogP contribution in [-0.2, 0) is 14.3 Å². The number of aromatic nitrogens is 1. The van der Waals surface area contributed by atoms with Crippen LogP contribution in [0.3, 0.4) is 0 Å². The number of anilines is 2. The molecule has 2 amide bonds. The molecule has 0 unspecified atom stereocenters. The van der Waals surface area contributed by atoms with Gasteiger partial charge in [0.05, 0.1) is 10.9 Å². The fourth-order valence-corrected chi connectivity index (χ4v) is 5.60. The Kier molecular flexibility index (Phi) is 9.98. The summed E-state index contributed by atoms with van der Waals surface area (Å²) in [6, 6.07) is 9.51. The van der Waals surface area contributed by atoms with Gasteiger partial charge in [-0.2, -0.15) is 0 Å². The summed E-state index contributed by atoms with van der Waals surface area (Å²) >= 11 is 6.62.